The smallest absolute Gasteiger partial charge is 0.0424 e. The normalized spacial score (nSPS) is 18.2. The number of pyridine rings is 1. The fourth-order valence-electron chi connectivity index (χ4n) is 2.43. The Morgan fingerprint density at radius 3 is 2.88 bits per heavy atom. The molecule has 1 aromatic carbocycles. The van der Waals surface area contributed by atoms with Crippen molar-refractivity contribution in [3.63, 3.8) is 0 Å². The van der Waals surface area contributed by atoms with Crippen molar-refractivity contribution < 1.29 is 0 Å². The number of aryl methyl sites for hydroxylation is 1. The molecular weight excluding hydrogens is 208 g/mol. The highest BCUT2D eigenvalue weighted by atomic mass is 14.9. The van der Waals surface area contributed by atoms with E-state index in [9.17, 15) is 0 Å². The van der Waals surface area contributed by atoms with Gasteiger partial charge in [0.1, 0.15) is 0 Å². The van der Waals surface area contributed by atoms with Crippen molar-refractivity contribution in [2.75, 3.05) is 5.32 Å². The lowest BCUT2D eigenvalue weighted by atomic mass is 9.95. The zero-order valence-corrected chi connectivity index (χ0v) is 9.76. The number of rotatable bonds is 2. The summed E-state index contributed by atoms with van der Waals surface area (Å²) in [6.45, 7) is 0. The van der Waals surface area contributed by atoms with Gasteiger partial charge in [0.25, 0.3) is 0 Å². The molecule has 2 heterocycles. The van der Waals surface area contributed by atoms with Crippen LogP contribution in [0.5, 0.6) is 0 Å². The zero-order valence-electron chi connectivity index (χ0n) is 9.76. The van der Waals surface area contributed by atoms with Gasteiger partial charge in [0.2, 0.25) is 0 Å². The van der Waals surface area contributed by atoms with Crippen LogP contribution in [0.2, 0.25) is 0 Å². The number of nitrogens with one attached hydrogen (secondary N) is 1. The second kappa shape index (κ2) is 4.58. The van der Waals surface area contributed by atoms with Gasteiger partial charge in [-0.15, -0.1) is 0 Å². The number of fused-ring (bicyclic) bond motifs is 1. The van der Waals surface area contributed by atoms with E-state index in [4.69, 9.17) is 0 Å². The van der Waals surface area contributed by atoms with Gasteiger partial charge in [0, 0.05) is 30.0 Å². The molecule has 0 radical (unpaired) electrons. The van der Waals surface area contributed by atoms with Gasteiger partial charge >= 0.3 is 0 Å². The van der Waals surface area contributed by atoms with Crippen LogP contribution < -0.4 is 5.32 Å². The second-order valence-electron chi connectivity index (χ2n) is 4.56. The molecule has 0 fully saturated rings. The van der Waals surface area contributed by atoms with Crippen LogP contribution in [-0.4, -0.2) is 11.0 Å². The van der Waals surface area contributed by atoms with Crippen molar-refractivity contribution in [2.24, 2.45) is 0 Å². The lowest BCUT2D eigenvalue weighted by Crippen LogP contribution is -2.27. The molecule has 1 atom stereocenters. The maximum atomic E-state index is 4.39. The fraction of sp³-hybridized carbons (Fsp3) is 0.267. The maximum Gasteiger partial charge on any atom is 0.0424 e. The number of hydrogen-bond acceptors (Lipinski definition) is 2. The molecule has 0 amide bonds. The Kier molecular flexibility index (Phi) is 2.78. The van der Waals surface area contributed by atoms with Gasteiger partial charge in [0.15, 0.2) is 0 Å². The first-order valence-corrected chi connectivity index (χ1v) is 6.16. The summed E-state index contributed by atoms with van der Waals surface area (Å²) in [4.78, 5) is 4.39. The third-order valence-corrected chi connectivity index (χ3v) is 3.32. The van der Waals surface area contributed by atoms with Gasteiger partial charge in [0.05, 0.1) is 0 Å². The Morgan fingerprint density at radius 2 is 2.00 bits per heavy atom. The van der Waals surface area contributed by atoms with E-state index < -0.39 is 0 Å². The van der Waals surface area contributed by atoms with Crippen molar-refractivity contribution in [1.82, 2.24) is 4.98 Å². The summed E-state index contributed by atoms with van der Waals surface area (Å²) < 4.78 is 0. The van der Waals surface area contributed by atoms with E-state index >= 15 is 0 Å². The molecule has 0 bridgehead atoms. The molecule has 17 heavy (non-hydrogen) atoms. The molecule has 3 rings (SSSR count). The third kappa shape index (κ3) is 2.31. The minimum Gasteiger partial charge on any atom is -0.382 e. The van der Waals surface area contributed by atoms with Crippen LogP contribution in [0.1, 0.15) is 17.7 Å². The van der Waals surface area contributed by atoms with Gasteiger partial charge in [-0.05, 0) is 36.6 Å². The van der Waals surface area contributed by atoms with Crippen LogP contribution in [-0.2, 0) is 12.8 Å². The number of benzene rings is 1. The summed E-state index contributed by atoms with van der Waals surface area (Å²) in [5.41, 5.74) is 3.90. The molecule has 0 spiro atoms. The van der Waals surface area contributed by atoms with Gasteiger partial charge in [-0.3, -0.25) is 4.98 Å². The van der Waals surface area contributed by atoms with Gasteiger partial charge < -0.3 is 5.32 Å². The molecule has 0 saturated heterocycles. The van der Waals surface area contributed by atoms with Crippen molar-refractivity contribution in [1.29, 1.82) is 0 Å². The maximum absolute atomic E-state index is 4.39. The predicted octanol–water partition coefficient (Wildman–Crippen LogP) is 3.05. The predicted molar refractivity (Wildman–Crippen MR) is 70.1 cm³/mol. The van der Waals surface area contributed by atoms with Crippen molar-refractivity contribution in [3.05, 3.63) is 59.9 Å². The lowest BCUT2D eigenvalue weighted by molar-refractivity contribution is 0.620. The molecular formula is C15H16N2. The number of hydrogen-bond donors (Lipinski definition) is 1. The van der Waals surface area contributed by atoms with Crippen molar-refractivity contribution in [3.8, 4) is 0 Å². The van der Waals surface area contributed by atoms with Crippen LogP contribution in [0.15, 0.2) is 48.7 Å². The van der Waals surface area contributed by atoms with Gasteiger partial charge in [-0.1, -0.05) is 24.3 Å². The molecule has 1 aromatic heterocycles. The second-order valence-corrected chi connectivity index (χ2v) is 4.56. The average molecular weight is 224 g/mol. The lowest BCUT2D eigenvalue weighted by Gasteiger charge is -2.26. The molecule has 1 N–H and O–H groups in total. The average Bonchev–Trinajstić information content (AvgIpc) is 2.40. The summed E-state index contributed by atoms with van der Waals surface area (Å²) in [7, 11) is 0. The molecule has 2 heteroatoms. The first-order chi connectivity index (χ1) is 8.42. The van der Waals surface area contributed by atoms with Crippen LogP contribution in [0, 0.1) is 0 Å². The molecule has 1 aliphatic rings. The minimum absolute atomic E-state index is 0.514. The van der Waals surface area contributed by atoms with E-state index in [0.29, 0.717) is 6.04 Å². The van der Waals surface area contributed by atoms with Crippen LogP contribution in [0.25, 0.3) is 0 Å². The first kappa shape index (κ1) is 10.3. The van der Waals surface area contributed by atoms with Gasteiger partial charge in [-0.2, -0.15) is 0 Å². The SMILES string of the molecule is c1ccc(CC2CCc3ccccc3N2)nc1. The number of anilines is 1. The third-order valence-electron chi connectivity index (χ3n) is 3.32. The van der Waals surface area contributed by atoms with Crippen LogP contribution in [0.3, 0.4) is 0 Å². The quantitative estimate of drug-likeness (QED) is 0.848. The summed E-state index contributed by atoms with van der Waals surface area (Å²) in [6.07, 6.45) is 5.23. The highest BCUT2D eigenvalue weighted by molar-refractivity contribution is 5.53. The Labute approximate surface area is 102 Å². The highest BCUT2D eigenvalue weighted by Crippen LogP contribution is 2.25. The summed E-state index contributed by atoms with van der Waals surface area (Å²) in [5.74, 6) is 0. The zero-order chi connectivity index (χ0) is 11.5. The summed E-state index contributed by atoms with van der Waals surface area (Å²) >= 11 is 0. The molecule has 0 aliphatic carbocycles. The Balaban J connectivity index is 1.72. The number of nitrogens with zero attached hydrogens (tertiary/aromatic N) is 1. The van der Waals surface area contributed by atoms with Crippen molar-refractivity contribution in [2.45, 2.75) is 25.3 Å². The van der Waals surface area contributed by atoms with E-state index in [1.807, 2.05) is 12.3 Å². The van der Waals surface area contributed by atoms with Crippen LogP contribution in [0.4, 0.5) is 5.69 Å². The molecule has 2 nitrogen and oxygen atoms in total. The monoisotopic (exact) mass is 224 g/mol. The van der Waals surface area contributed by atoms with E-state index in [2.05, 4.69) is 46.7 Å². The Bertz CT molecular complexity index is 493. The molecule has 1 aliphatic heterocycles. The molecule has 0 saturated carbocycles. The largest absolute Gasteiger partial charge is 0.382 e. The standard InChI is InChI=1S/C15H16N2/c1-2-7-15-12(5-1)8-9-14(17-15)11-13-6-3-4-10-16-13/h1-7,10,14,17H,8-9,11H2. The van der Waals surface area contributed by atoms with E-state index in [1.165, 1.54) is 29.8 Å². The number of para-hydroxylation sites is 1. The molecule has 86 valence electrons. The van der Waals surface area contributed by atoms with Crippen LogP contribution >= 0.6 is 0 Å². The van der Waals surface area contributed by atoms with Crippen molar-refractivity contribution >= 4 is 5.69 Å². The molecule has 1 unspecified atom stereocenters. The topological polar surface area (TPSA) is 24.9 Å². The first-order valence-electron chi connectivity index (χ1n) is 6.16. The van der Waals surface area contributed by atoms with E-state index in [0.717, 1.165) is 6.42 Å². The summed E-state index contributed by atoms with van der Waals surface area (Å²) in [5, 5.41) is 3.61. The summed E-state index contributed by atoms with van der Waals surface area (Å²) in [6, 6.07) is 15.2. The number of aromatic nitrogens is 1. The van der Waals surface area contributed by atoms with E-state index in [1.54, 1.807) is 0 Å². The minimum atomic E-state index is 0.514. The van der Waals surface area contributed by atoms with Gasteiger partial charge in [-0.25, -0.2) is 0 Å². The fourth-order valence-corrected chi connectivity index (χ4v) is 2.43. The Morgan fingerprint density at radius 1 is 1.12 bits per heavy atom. The highest BCUT2D eigenvalue weighted by Gasteiger charge is 2.17. The Hall–Kier alpha value is -1.83. The van der Waals surface area contributed by atoms with E-state index in [-0.39, 0.29) is 0 Å². The molecule has 2 aromatic rings.